The van der Waals surface area contributed by atoms with E-state index in [0.717, 1.165) is 41.0 Å². The molecular formula is C17H23N3O3S2. The zero-order valence-corrected chi connectivity index (χ0v) is 16.3. The summed E-state index contributed by atoms with van der Waals surface area (Å²) < 4.78 is 5.93. The molecule has 0 saturated carbocycles. The van der Waals surface area contributed by atoms with E-state index in [0.29, 0.717) is 11.6 Å². The van der Waals surface area contributed by atoms with Gasteiger partial charge in [0, 0.05) is 24.2 Å². The second kappa shape index (κ2) is 9.74. The number of hydrogen-bond acceptors (Lipinski definition) is 7. The van der Waals surface area contributed by atoms with Crippen molar-refractivity contribution >= 4 is 34.5 Å². The zero-order chi connectivity index (χ0) is 18.2. The Hall–Kier alpha value is -1.64. The summed E-state index contributed by atoms with van der Waals surface area (Å²) in [5.74, 6) is 2.58. The molecule has 0 amide bonds. The number of furan rings is 1. The number of thioether (sulfide) groups is 2. The quantitative estimate of drug-likeness (QED) is 0.382. The summed E-state index contributed by atoms with van der Waals surface area (Å²) in [5.41, 5.74) is 2.16. The molecule has 0 fully saturated rings. The SMILES string of the molecule is CS/C(=C\[N+](=O)[O-])NCCSCc1cc2ccc(CN(C)C)cc2o1. The molecule has 1 aromatic carbocycles. The zero-order valence-electron chi connectivity index (χ0n) is 14.7. The Labute approximate surface area is 156 Å². The molecule has 0 radical (unpaired) electrons. The van der Waals surface area contributed by atoms with Gasteiger partial charge in [-0.05, 0) is 38.0 Å². The topological polar surface area (TPSA) is 71.6 Å². The van der Waals surface area contributed by atoms with E-state index < -0.39 is 4.92 Å². The minimum atomic E-state index is -0.440. The molecule has 1 N–H and O–H groups in total. The number of rotatable bonds is 10. The van der Waals surface area contributed by atoms with E-state index in [2.05, 4.69) is 34.5 Å². The first-order valence-corrected chi connectivity index (χ1v) is 10.2. The molecule has 2 aromatic rings. The van der Waals surface area contributed by atoms with Crippen LogP contribution in [-0.2, 0) is 12.3 Å². The van der Waals surface area contributed by atoms with Gasteiger partial charge in [-0.25, -0.2) is 0 Å². The molecule has 0 saturated heterocycles. The lowest BCUT2D eigenvalue weighted by Gasteiger charge is -2.08. The molecule has 0 unspecified atom stereocenters. The van der Waals surface area contributed by atoms with Gasteiger partial charge in [-0.2, -0.15) is 11.8 Å². The van der Waals surface area contributed by atoms with Crippen LogP contribution in [0.3, 0.4) is 0 Å². The van der Waals surface area contributed by atoms with Crippen LogP contribution < -0.4 is 5.32 Å². The number of benzene rings is 1. The van der Waals surface area contributed by atoms with Gasteiger partial charge in [-0.1, -0.05) is 12.1 Å². The van der Waals surface area contributed by atoms with Gasteiger partial charge in [0.2, 0.25) is 0 Å². The molecule has 0 spiro atoms. The van der Waals surface area contributed by atoms with Gasteiger partial charge >= 0.3 is 0 Å². The van der Waals surface area contributed by atoms with Gasteiger partial charge in [-0.15, -0.1) is 11.8 Å². The van der Waals surface area contributed by atoms with E-state index in [-0.39, 0.29) is 0 Å². The minimum Gasteiger partial charge on any atom is -0.460 e. The average Bonchev–Trinajstić information content (AvgIpc) is 2.94. The molecule has 2 rings (SSSR count). The molecule has 8 heteroatoms. The van der Waals surface area contributed by atoms with Gasteiger partial charge in [0.25, 0.3) is 6.20 Å². The Kier molecular flexibility index (Phi) is 7.67. The van der Waals surface area contributed by atoms with E-state index >= 15 is 0 Å². The lowest BCUT2D eigenvalue weighted by molar-refractivity contribution is -0.403. The van der Waals surface area contributed by atoms with Crippen molar-refractivity contribution < 1.29 is 9.34 Å². The number of nitrogens with zero attached hydrogens (tertiary/aromatic N) is 2. The molecule has 0 aliphatic heterocycles. The summed E-state index contributed by atoms with van der Waals surface area (Å²) in [6.45, 7) is 1.57. The Bertz CT molecular complexity index is 744. The van der Waals surface area contributed by atoms with Crippen LogP contribution in [0.4, 0.5) is 0 Å². The molecule has 1 aromatic heterocycles. The Morgan fingerprint density at radius 3 is 2.88 bits per heavy atom. The van der Waals surface area contributed by atoms with Crippen molar-refractivity contribution in [3.05, 3.63) is 56.9 Å². The molecule has 136 valence electrons. The fourth-order valence-electron chi connectivity index (χ4n) is 2.35. The van der Waals surface area contributed by atoms with Crippen LogP contribution in [0.2, 0.25) is 0 Å². The van der Waals surface area contributed by atoms with Crippen LogP contribution in [0.25, 0.3) is 11.0 Å². The molecule has 25 heavy (non-hydrogen) atoms. The average molecular weight is 382 g/mol. The summed E-state index contributed by atoms with van der Waals surface area (Å²) in [4.78, 5) is 12.2. The third kappa shape index (κ3) is 6.64. The number of nitro groups is 1. The van der Waals surface area contributed by atoms with Crippen molar-refractivity contribution in [3.63, 3.8) is 0 Å². The molecule has 1 heterocycles. The number of hydrogen-bond donors (Lipinski definition) is 1. The monoisotopic (exact) mass is 381 g/mol. The van der Waals surface area contributed by atoms with Gasteiger partial charge < -0.3 is 14.6 Å². The van der Waals surface area contributed by atoms with Crippen LogP contribution in [0.15, 0.2) is 39.9 Å². The first-order chi connectivity index (χ1) is 12.0. The highest BCUT2D eigenvalue weighted by atomic mass is 32.2. The van der Waals surface area contributed by atoms with Crippen molar-refractivity contribution in [3.8, 4) is 0 Å². The first-order valence-electron chi connectivity index (χ1n) is 7.85. The van der Waals surface area contributed by atoms with Crippen LogP contribution >= 0.6 is 23.5 Å². The second-order valence-corrected chi connectivity index (χ2v) is 7.74. The van der Waals surface area contributed by atoms with Gasteiger partial charge in [0.1, 0.15) is 16.4 Å². The normalized spacial score (nSPS) is 12.1. The minimum absolute atomic E-state index is 0.440. The Morgan fingerprint density at radius 1 is 1.40 bits per heavy atom. The highest BCUT2D eigenvalue weighted by molar-refractivity contribution is 8.02. The van der Waals surface area contributed by atoms with Gasteiger partial charge in [0.05, 0.1) is 10.7 Å². The maximum Gasteiger partial charge on any atom is 0.263 e. The van der Waals surface area contributed by atoms with Crippen molar-refractivity contribution in [2.24, 2.45) is 0 Å². The predicted molar refractivity (Wildman–Crippen MR) is 106 cm³/mol. The van der Waals surface area contributed by atoms with E-state index in [1.165, 1.54) is 17.3 Å². The van der Waals surface area contributed by atoms with Crippen molar-refractivity contribution in [2.45, 2.75) is 12.3 Å². The molecular weight excluding hydrogens is 358 g/mol. The molecule has 6 nitrogen and oxygen atoms in total. The molecule has 0 atom stereocenters. The van der Waals surface area contributed by atoms with E-state index in [4.69, 9.17) is 4.42 Å². The fraction of sp³-hybridized carbons (Fsp3) is 0.412. The van der Waals surface area contributed by atoms with E-state index in [1.807, 2.05) is 20.4 Å². The number of nitrogens with one attached hydrogen (secondary N) is 1. The fourth-order valence-corrected chi connectivity index (χ4v) is 3.52. The maximum atomic E-state index is 10.5. The van der Waals surface area contributed by atoms with Gasteiger partial charge in [0.15, 0.2) is 0 Å². The lowest BCUT2D eigenvalue weighted by atomic mass is 10.1. The van der Waals surface area contributed by atoms with Crippen molar-refractivity contribution in [2.75, 3.05) is 32.6 Å². The summed E-state index contributed by atoms with van der Waals surface area (Å²) in [6.07, 6.45) is 2.81. The summed E-state index contributed by atoms with van der Waals surface area (Å²) in [7, 11) is 4.09. The third-order valence-corrected chi connectivity index (χ3v) is 5.04. The molecule has 0 aliphatic rings. The Balaban J connectivity index is 1.82. The van der Waals surface area contributed by atoms with Gasteiger partial charge in [-0.3, -0.25) is 10.1 Å². The largest absolute Gasteiger partial charge is 0.460 e. The number of fused-ring (bicyclic) bond motifs is 1. The predicted octanol–water partition coefficient (Wildman–Crippen LogP) is 3.76. The van der Waals surface area contributed by atoms with Crippen LogP contribution in [-0.4, -0.2) is 42.5 Å². The van der Waals surface area contributed by atoms with E-state index in [9.17, 15) is 10.1 Å². The van der Waals surface area contributed by atoms with Crippen molar-refractivity contribution in [1.29, 1.82) is 0 Å². The van der Waals surface area contributed by atoms with Crippen LogP contribution in [0.1, 0.15) is 11.3 Å². The second-order valence-electron chi connectivity index (χ2n) is 5.78. The van der Waals surface area contributed by atoms with Crippen LogP contribution in [0, 0.1) is 10.1 Å². The molecule has 0 aliphatic carbocycles. The summed E-state index contributed by atoms with van der Waals surface area (Å²) in [6, 6.07) is 8.40. The lowest BCUT2D eigenvalue weighted by Crippen LogP contribution is -2.15. The van der Waals surface area contributed by atoms with E-state index in [1.54, 1.807) is 11.8 Å². The first kappa shape index (κ1) is 19.7. The highest BCUT2D eigenvalue weighted by Crippen LogP contribution is 2.24. The third-order valence-electron chi connectivity index (χ3n) is 3.37. The summed E-state index contributed by atoms with van der Waals surface area (Å²) >= 11 is 3.08. The maximum absolute atomic E-state index is 10.5. The molecule has 0 bridgehead atoms. The Morgan fingerprint density at radius 2 is 2.20 bits per heavy atom. The highest BCUT2D eigenvalue weighted by Gasteiger charge is 2.06. The standard InChI is InChI=1S/C17H23N3O3S2/c1-19(2)10-13-4-5-14-9-15(23-16(14)8-13)12-25-7-6-18-17(24-3)11-20(21)22/h4-5,8-9,11,18H,6-7,10,12H2,1-3H3/b17-11-. The van der Waals surface area contributed by atoms with Crippen LogP contribution in [0.5, 0.6) is 0 Å². The smallest absolute Gasteiger partial charge is 0.263 e. The summed E-state index contributed by atoms with van der Waals surface area (Å²) in [5, 5.41) is 15.2. The van der Waals surface area contributed by atoms with Crippen molar-refractivity contribution in [1.82, 2.24) is 10.2 Å².